The topological polar surface area (TPSA) is 114 Å². The van der Waals surface area contributed by atoms with E-state index >= 15 is 0 Å². The zero-order valence-corrected chi connectivity index (χ0v) is 19.9. The molecular weight excluding hydrogens is 448 g/mol. The molecule has 0 aromatic heterocycles. The molecule has 3 N–H and O–H groups in total. The van der Waals surface area contributed by atoms with Gasteiger partial charge in [-0.2, -0.15) is 0 Å². The third kappa shape index (κ3) is 6.00. The highest BCUT2D eigenvalue weighted by Crippen LogP contribution is 2.44. The number of carbonyl (C=O) groups excluding carboxylic acids is 2. The zero-order chi connectivity index (χ0) is 24.8. The number of alkyl carbamates (subject to hydrolysis) is 1. The van der Waals surface area contributed by atoms with Gasteiger partial charge in [-0.05, 0) is 35.1 Å². The van der Waals surface area contributed by atoms with E-state index in [1.165, 1.54) is 11.1 Å². The highest BCUT2D eigenvalue weighted by atomic mass is 16.5. The van der Waals surface area contributed by atoms with Crippen LogP contribution >= 0.6 is 0 Å². The summed E-state index contributed by atoms with van der Waals surface area (Å²) in [5.41, 5.74) is 4.62. The number of ether oxygens (including phenoxy) is 2. The van der Waals surface area contributed by atoms with Crippen LogP contribution in [0.2, 0.25) is 0 Å². The quantitative estimate of drug-likeness (QED) is 0.478. The van der Waals surface area contributed by atoms with Crippen LogP contribution in [0.15, 0.2) is 48.5 Å². The molecule has 1 heterocycles. The van der Waals surface area contributed by atoms with Gasteiger partial charge in [-0.3, -0.25) is 9.59 Å². The molecular formula is C27H32N2O6. The van der Waals surface area contributed by atoms with Crippen LogP contribution in [0.1, 0.15) is 49.7 Å². The minimum Gasteiger partial charge on any atom is -0.481 e. The summed E-state index contributed by atoms with van der Waals surface area (Å²) in [6, 6.07) is 16.0. The third-order valence-electron chi connectivity index (χ3n) is 6.69. The minimum atomic E-state index is -0.880. The third-order valence-corrected chi connectivity index (χ3v) is 6.69. The largest absolute Gasteiger partial charge is 0.481 e. The average Bonchev–Trinajstić information content (AvgIpc) is 3.45. The van der Waals surface area contributed by atoms with Gasteiger partial charge in [0, 0.05) is 24.9 Å². The van der Waals surface area contributed by atoms with Gasteiger partial charge < -0.3 is 25.2 Å². The molecule has 2 aromatic carbocycles. The number of nitrogens with one attached hydrogen (secondary N) is 2. The number of carboxylic acids is 1. The Morgan fingerprint density at radius 1 is 1.09 bits per heavy atom. The molecule has 3 atom stereocenters. The standard InChI is InChI=1S/C27H32N2O6/c1-2-7-18(13-25(30)28-14-19-12-17(15-34-19)26(31)32)29-27(33)35-16-24-22-10-5-3-8-20(22)21-9-4-6-11-23(21)24/h3-6,8-11,17-19,24H,2,7,12-16H2,1H3,(H,28,30)(H,29,33)(H,31,32)/t17-,18-,19-/m1/s1. The Kier molecular flexibility index (Phi) is 8.02. The van der Waals surface area contributed by atoms with Gasteiger partial charge in [0.15, 0.2) is 0 Å². The Hall–Kier alpha value is -3.39. The van der Waals surface area contributed by atoms with Crippen LogP contribution in [-0.2, 0) is 19.1 Å². The zero-order valence-electron chi connectivity index (χ0n) is 19.9. The number of amides is 2. The van der Waals surface area contributed by atoms with Crippen molar-refractivity contribution in [2.24, 2.45) is 5.92 Å². The van der Waals surface area contributed by atoms with Gasteiger partial charge in [-0.1, -0.05) is 61.9 Å². The molecule has 1 aliphatic heterocycles. The fourth-order valence-corrected chi connectivity index (χ4v) is 4.92. The van der Waals surface area contributed by atoms with Crippen LogP contribution in [0, 0.1) is 5.92 Å². The lowest BCUT2D eigenvalue weighted by atomic mass is 9.98. The molecule has 0 bridgehead atoms. The van der Waals surface area contributed by atoms with E-state index in [0.717, 1.165) is 17.5 Å². The monoisotopic (exact) mass is 480 g/mol. The van der Waals surface area contributed by atoms with Crippen LogP contribution in [0.4, 0.5) is 4.79 Å². The number of rotatable bonds is 10. The van der Waals surface area contributed by atoms with E-state index in [2.05, 4.69) is 34.9 Å². The second-order valence-electron chi connectivity index (χ2n) is 9.19. The number of hydrogen-bond donors (Lipinski definition) is 3. The lowest BCUT2D eigenvalue weighted by molar-refractivity contribution is -0.141. The van der Waals surface area contributed by atoms with Gasteiger partial charge in [0.1, 0.15) is 6.61 Å². The van der Waals surface area contributed by atoms with Crippen LogP contribution in [0.5, 0.6) is 0 Å². The Labute approximate surface area is 205 Å². The molecule has 8 heteroatoms. The van der Waals surface area contributed by atoms with Crippen molar-refractivity contribution in [2.45, 2.75) is 50.7 Å². The van der Waals surface area contributed by atoms with Crippen molar-refractivity contribution < 1.29 is 29.0 Å². The molecule has 186 valence electrons. The minimum absolute atomic E-state index is 0.0258. The van der Waals surface area contributed by atoms with Crippen molar-refractivity contribution in [3.05, 3.63) is 59.7 Å². The maximum atomic E-state index is 12.6. The maximum Gasteiger partial charge on any atom is 0.407 e. The Bertz CT molecular complexity index is 1030. The van der Waals surface area contributed by atoms with E-state index in [-0.39, 0.29) is 50.2 Å². The summed E-state index contributed by atoms with van der Waals surface area (Å²) in [5, 5.41) is 14.7. The molecule has 2 aromatic rings. The van der Waals surface area contributed by atoms with E-state index in [9.17, 15) is 14.4 Å². The maximum absolute atomic E-state index is 12.6. The highest BCUT2D eigenvalue weighted by molar-refractivity contribution is 5.79. The molecule has 1 aliphatic carbocycles. The first-order chi connectivity index (χ1) is 17.0. The van der Waals surface area contributed by atoms with E-state index in [1.54, 1.807) is 0 Å². The van der Waals surface area contributed by atoms with E-state index < -0.39 is 18.0 Å². The SMILES string of the molecule is CCC[C@H](CC(=O)NC[C@H]1C[C@@H](C(=O)O)CO1)NC(=O)OCC1c2ccccc2-c2ccccc21. The molecule has 0 spiro atoms. The van der Waals surface area contributed by atoms with Crippen molar-refractivity contribution in [1.82, 2.24) is 10.6 Å². The first kappa shape index (κ1) is 24.7. The fraction of sp³-hybridized carbons (Fsp3) is 0.444. The van der Waals surface area contributed by atoms with Gasteiger partial charge in [0.25, 0.3) is 0 Å². The summed E-state index contributed by atoms with van der Waals surface area (Å²) in [6.45, 7) is 2.63. The van der Waals surface area contributed by atoms with Crippen molar-refractivity contribution in [3.8, 4) is 11.1 Å². The summed E-state index contributed by atoms with van der Waals surface area (Å²) in [7, 11) is 0. The summed E-state index contributed by atoms with van der Waals surface area (Å²) in [5.74, 6) is -1.65. The van der Waals surface area contributed by atoms with Gasteiger partial charge >= 0.3 is 12.1 Å². The second-order valence-corrected chi connectivity index (χ2v) is 9.19. The summed E-state index contributed by atoms with van der Waals surface area (Å²) in [6.07, 6.45) is 1.09. The number of carbonyl (C=O) groups is 3. The first-order valence-electron chi connectivity index (χ1n) is 12.2. The van der Waals surface area contributed by atoms with Crippen molar-refractivity contribution in [2.75, 3.05) is 19.8 Å². The van der Waals surface area contributed by atoms with E-state index in [4.69, 9.17) is 14.6 Å². The van der Waals surface area contributed by atoms with Crippen LogP contribution in [-0.4, -0.2) is 55.0 Å². The predicted octanol–water partition coefficient (Wildman–Crippen LogP) is 3.69. The summed E-state index contributed by atoms with van der Waals surface area (Å²) >= 11 is 0. The smallest absolute Gasteiger partial charge is 0.407 e. The highest BCUT2D eigenvalue weighted by Gasteiger charge is 2.31. The van der Waals surface area contributed by atoms with Gasteiger partial charge in [0.2, 0.25) is 5.91 Å². The summed E-state index contributed by atoms with van der Waals surface area (Å²) in [4.78, 5) is 36.1. The second kappa shape index (κ2) is 11.4. The van der Waals surface area contributed by atoms with Gasteiger partial charge in [0.05, 0.1) is 18.6 Å². The van der Waals surface area contributed by atoms with Crippen molar-refractivity contribution in [1.29, 1.82) is 0 Å². The normalized spacial score (nSPS) is 19.5. The molecule has 1 saturated heterocycles. The number of benzene rings is 2. The van der Waals surface area contributed by atoms with Crippen LogP contribution < -0.4 is 10.6 Å². The van der Waals surface area contributed by atoms with Crippen LogP contribution in [0.25, 0.3) is 11.1 Å². The molecule has 4 rings (SSSR count). The van der Waals surface area contributed by atoms with Crippen molar-refractivity contribution >= 4 is 18.0 Å². The van der Waals surface area contributed by atoms with E-state index in [1.807, 2.05) is 31.2 Å². The average molecular weight is 481 g/mol. The van der Waals surface area contributed by atoms with Gasteiger partial charge in [-0.25, -0.2) is 4.79 Å². The molecule has 0 saturated carbocycles. The molecule has 0 radical (unpaired) electrons. The van der Waals surface area contributed by atoms with Gasteiger partial charge in [-0.15, -0.1) is 0 Å². The Morgan fingerprint density at radius 2 is 1.74 bits per heavy atom. The lowest BCUT2D eigenvalue weighted by Crippen LogP contribution is -2.41. The molecule has 1 fully saturated rings. The molecule has 8 nitrogen and oxygen atoms in total. The Morgan fingerprint density at radius 3 is 2.34 bits per heavy atom. The first-order valence-corrected chi connectivity index (χ1v) is 12.2. The molecule has 35 heavy (non-hydrogen) atoms. The lowest BCUT2D eigenvalue weighted by Gasteiger charge is -2.20. The number of hydrogen-bond acceptors (Lipinski definition) is 5. The predicted molar refractivity (Wildman–Crippen MR) is 130 cm³/mol. The number of fused-ring (bicyclic) bond motifs is 3. The van der Waals surface area contributed by atoms with E-state index in [0.29, 0.717) is 12.8 Å². The van der Waals surface area contributed by atoms with Crippen LogP contribution in [0.3, 0.4) is 0 Å². The number of carboxylic acid groups (broad SMARTS) is 1. The molecule has 0 unspecified atom stereocenters. The summed E-state index contributed by atoms with van der Waals surface area (Å²) < 4.78 is 11.1. The molecule has 2 aliphatic rings. The Balaban J connectivity index is 1.27. The number of aliphatic carboxylic acids is 1. The van der Waals surface area contributed by atoms with Crippen molar-refractivity contribution in [3.63, 3.8) is 0 Å². The fourth-order valence-electron chi connectivity index (χ4n) is 4.92. The molecule has 2 amide bonds.